The van der Waals surface area contributed by atoms with Crippen LogP contribution in [-0.2, 0) is 39.4 Å². The Balaban J connectivity index is 1.90. The number of aromatic nitrogens is 2. The lowest BCUT2D eigenvalue weighted by Crippen LogP contribution is -2.53. The number of aliphatic hydroxyl groups is 2. The molecule has 2 aromatic heterocycles. The maximum Gasteiger partial charge on any atom is 0.333 e. The molecule has 0 fully saturated rings. The van der Waals surface area contributed by atoms with Gasteiger partial charge in [0.1, 0.15) is 40.2 Å². The van der Waals surface area contributed by atoms with E-state index in [9.17, 15) is 29.0 Å². The Morgan fingerprint density at radius 3 is 2.42 bits per heavy atom. The summed E-state index contributed by atoms with van der Waals surface area (Å²) in [6.07, 6.45) is -0.487. The number of nitrogens with zero attached hydrogens (tertiary/aromatic N) is 2. The van der Waals surface area contributed by atoms with Gasteiger partial charge in [-0.05, 0) is 63.4 Å². The number of halogens is 1. The highest BCUT2D eigenvalue weighted by Gasteiger charge is 2.37. The zero-order chi connectivity index (χ0) is 33.1. The summed E-state index contributed by atoms with van der Waals surface area (Å²) < 4.78 is 33.9. The normalized spacial score (nSPS) is 13.9. The number of ether oxygens (including phenoxy) is 3. The Labute approximate surface area is 264 Å². The molecule has 0 aliphatic heterocycles. The SMILES string of the molecule is CCc1sc2c(c1C)c(=O)n(C(C)(C)C(=O)OCc1ccccc1)c(=O)n2C[C@H](OCC(C)(O)CO)c1cc(F)ccc1OC. The minimum absolute atomic E-state index is 0.0498. The summed E-state index contributed by atoms with van der Waals surface area (Å²) in [4.78, 5) is 43.1. The first-order valence-electron chi connectivity index (χ1n) is 14.5. The molecule has 2 N–H and O–H groups in total. The molecule has 2 heterocycles. The minimum atomic E-state index is -1.72. The van der Waals surface area contributed by atoms with Crippen LogP contribution in [0.4, 0.5) is 4.39 Å². The Morgan fingerprint density at radius 2 is 1.80 bits per heavy atom. The van der Waals surface area contributed by atoms with E-state index < -0.39 is 46.9 Å². The maximum absolute atomic E-state index is 14.6. The highest BCUT2D eigenvalue weighted by molar-refractivity contribution is 7.18. The van der Waals surface area contributed by atoms with Crippen LogP contribution in [0.15, 0.2) is 58.1 Å². The summed E-state index contributed by atoms with van der Waals surface area (Å²) >= 11 is 1.28. The number of hydrogen-bond donors (Lipinski definition) is 2. The number of aryl methyl sites for hydroxylation is 2. The summed E-state index contributed by atoms with van der Waals surface area (Å²) in [5.41, 5.74) is -3.12. The molecule has 0 radical (unpaired) electrons. The first-order chi connectivity index (χ1) is 21.2. The van der Waals surface area contributed by atoms with Gasteiger partial charge in [0.25, 0.3) is 5.56 Å². The molecule has 0 aliphatic rings. The first kappa shape index (κ1) is 34.0. The number of rotatable bonds is 13. The van der Waals surface area contributed by atoms with Crippen molar-refractivity contribution in [3.05, 3.63) is 96.8 Å². The second kappa shape index (κ2) is 13.7. The lowest BCUT2D eigenvalue weighted by atomic mass is 10.0. The van der Waals surface area contributed by atoms with Gasteiger partial charge in [0.2, 0.25) is 0 Å². The number of esters is 1. The standard InChI is InChI=1S/C33H39FN2O8S/c1-7-26-20(2)27-28(38)36(32(3,4)30(39)43-17-21-11-9-8-10-12-21)31(40)35(29(27)45-26)16-25(44-19-33(5,41)18-37)23-15-22(34)13-14-24(23)42-6/h8-15,25,37,41H,7,16-19H2,1-6H3/t25-,33?/m0/s1. The predicted octanol–water partition coefficient (Wildman–Crippen LogP) is 4.22. The van der Waals surface area contributed by atoms with Gasteiger partial charge in [-0.25, -0.2) is 18.5 Å². The molecule has 4 aromatic rings. The van der Waals surface area contributed by atoms with Crippen LogP contribution in [0.2, 0.25) is 0 Å². The van der Waals surface area contributed by atoms with Crippen LogP contribution in [0.3, 0.4) is 0 Å². The molecule has 12 heteroatoms. The van der Waals surface area contributed by atoms with Gasteiger partial charge in [0.15, 0.2) is 0 Å². The number of carbonyl (C=O) groups excluding carboxylic acids is 1. The average Bonchev–Trinajstić information content (AvgIpc) is 3.36. The van der Waals surface area contributed by atoms with Crippen LogP contribution < -0.4 is 16.0 Å². The van der Waals surface area contributed by atoms with Crippen molar-refractivity contribution < 1.29 is 33.6 Å². The molecule has 0 aliphatic carbocycles. The van der Waals surface area contributed by atoms with Gasteiger partial charge >= 0.3 is 11.7 Å². The average molecular weight is 643 g/mol. The molecule has 10 nitrogen and oxygen atoms in total. The van der Waals surface area contributed by atoms with E-state index in [1.54, 1.807) is 19.1 Å². The molecule has 2 aromatic carbocycles. The second-order valence-electron chi connectivity index (χ2n) is 11.7. The zero-order valence-electron chi connectivity index (χ0n) is 26.3. The number of hydrogen-bond acceptors (Lipinski definition) is 9. The van der Waals surface area contributed by atoms with Crippen molar-refractivity contribution in [3.8, 4) is 5.75 Å². The lowest BCUT2D eigenvalue weighted by molar-refractivity contribution is -0.154. The van der Waals surface area contributed by atoms with E-state index in [2.05, 4.69) is 0 Å². The quantitative estimate of drug-likeness (QED) is 0.208. The molecule has 2 atom stereocenters. The summed E-state index contributed by atoms with van der Waals surface area (Å²) in [7, 11) is 1.40. The Morgan fingerprint density at radius 1 is 1.11 bits per heavy atom. The molecular weight excluding hydrogens is 603 g/mol. The van der Waals surface area contributed by atoms with E-state index in [0.717, 1.165) is 15.0 Å². The van der Waals surface area contributed by atoms with E-state index in [-0.39, 0.29) is 36.5 Å². The van der Waals surface area contributed by atoms with Crippen LogP contribution in [0.5, 0.6) is 5.75 Å². The fraction of sp³-hybridized carbons (Fsp3) is 0.424. The van der Waals surface area contributed by atoms with E-state index in [0.29, 0.717) is 16.8 Å². The van der Waals surface area contributed by atoms with Crippen molar-refractivity contribution in [2.45, 2.75) is 71.4 Å². The number of carbonyl (C=O) groups is 1. The number of methoxy groups -OCH3 is 1. The highest BCUT2D eigenvalue weighted by atomic mass is 32.1. The van der Waals surface area contributed by atoms with Gasteiger partial charge in [-0.3, -0.25) is 9.36 Å². The molecule has 1 unspecified atom stereocenters. The van der Waals surface area contributed by atoms with Gasteiger partial charge in [0, 0.05) is 10.4 Å². The summed E-state index contributed by atoms with van der Waals surface area (Å²) in [5, 5.41) is 20.4. The van der Waals surface area contributed by atoms with Gasteiger partial charge in [-0.15, -0.1) is 11.3 Å². The second-order valence-corrected chi connectivity index (χ2v) is 12.8. The van der Waals surface area contributed by atoms with E-state index in [1.807, 2.05) is 25.1 Å². The molecule has 0 saturated carbocycles. The third-order valence-electron chi connectivity index (χ3n) is 7.73. The smallest absolute Gasteiger partial charge is 0.333 e. The molecule has 4 rings (SSSR count). The highest BCUT2D eigenvalue weighted by Crippen LogP contribution is 2.34. The third kappa shape index (κ3) is 7.04. The third-order valence-corrected chi connectivity index (χ3v) is 9.19. The Bertz CT molecular complexity index is 1790. The summed E-state index contributed by atoms with van der Waals surface area (Å²) in [6.45, 7) is 6.72. The summed E-state index contributed by atoms with van der Waals surface area (Å²) in [6, 6.07) is 12.9. The van der Waals surface area contributed by atoms with Crippen LogP contribution in [0.25, 0.3) is 10.2 Å². The van der Waals surface area contributed by atoms with Crippen molar-refractivity contribution in [1.82, 2.24) is 9.13 Å². The lowest BCUT2D eigenvalue weighted by Gasteiger charge is -2.28. The van der Waals surface area contributed by atoms with Crippen molar-refractivity contribution in [2.75, 3.05) is 20.3 Å². The number of fused-ring (bicyclic) bond motifs is 1. The van der Waals surface area contributed by atoms with Crippen LogP contribution >= 0.6 is 11.3 Å². The molecule has 0 amide bonds. The van der Waals surface area contributed by atoms with Crippen LogP contribution in [0, 0.1) is 12.7 Å². The molecule has 242 valence electrons. The maximum atomic E-state index is 14.6. The zero-order valence-corrected chi connectivity index (χ0v) is 27.1. The predicted molar refractivity (Wildman–Crippen MR) is 169 cm³/mol. The van der Waals surface area contributed by atoms with E-state index >= 15 is 0 Å². The molecule has 45 heavy (non-hydrogen) atoms. The van der Waals surface area contributed by atoms with Crippen LogP contribution in [-0.4, -0.2) is 51.2 Å². The van der Waals surface area contributed by atoms with E-state index in [4.69, 9.17) is 14.2 Å². The number of thiophene rings is 1. The van der Waals surface area contributed by atoms with Gasteiger partial charge in [-0.2, -0.15) is 0 Å². The molecule has 0 saturated heterocycles. The van der Waals surface area contributed by atoms with Gasteiger partial charge in [-0.1, -0.05) is 37.3 Å². The van der Waals surface area contributed by atoms with Crippen molar-refractivity contribution in [2.24, 2.45) is 0 Å². The van der Waals surface area contributed by atoms with Crippen molar-refractivity contribution in [1.29, 1.82) is 0 Å². The van der Waals surface area contributed by atoms with Crippen LogP contribution in [0.1, 0.15) is 55.4 Å². The molecule has 0 spiro atoms. The van der Waals surface area contributed by atoms with E-state index in [1.165, 1.54) is 62.0 Å². The van der Waals surface area contributed by atoms with Crippen molar-refractivity contribution >= 4 is 27.5 Å². The number of benzene rings is 2. The Hall–Kier alpha value is -3.84. The van der Waals surface area contributed by atoms with Gasteiger partial charge in [0.05, 0.1) is 32.3 Å². The minimum Gasteiger partial charge on any atom is -0.496 e. The summed E-state index contributed by atoms with van der Waals surface area (Å²) in [5.74, 6) is -1.10. The Kier molecular flexibility index (Phi) is 10.3. The topological polar surface area (TPSA) is 129 Å². The molecular formula is C33H39FN2O8S. The number of aliphatic hydroxyl groups excluding tert-OH is 1. The fourth-order valence-corrected chi connectivity index (χ4v) is 6.30. The van der Waals surface area contributed by atoms with Crippen molar-refractivity contribution in [3.63, 3.8) is 0 Å². The monoisotopic (exact) mass is 642 g/mol. The fourth-order valence-electron chi connectivity index (χ4n) is 5.06. The largest absolute Gasteiger partial charge is 0.496 e. The first-order valence-corrected chi connectivity index (χ1v) is 15.3. The molecule has 0 bridgehead atoms. The van der Waals surface area contributed by atoms with Gasteiger partial charge < -0.3 is 24.4 Å².